The first kappa shape index (κ1) is 22.0. The topological polar surface area (TPSA) is 110 Å². The Morgan fingerprint density at radius 2 is 1.88 bits per heavy atom. The van der Waals surface area contributed by atoms with Crippen molar-refractivity contribution in [3.8, 4) is 17.1 Å². The molecule has 1 amide bonds. The third kappa shape index (κ3) is 3.88. The first-order chi connectivity index (χ1) is 16.5. The summed E-state index contributed by atoms with van der Waals surface area (Å²) in [7, 11) is 1.57. The van der Waals surface area contributed by atoms with Gasteiger partial charge < -0.3 is 19.3 Å². The zero-order chi connectivity index (χ0) is 23.8. The lowest BCUT2D eigenvalue weighted by Gasteiger charge is -2.34. The molecule has 0 saturated carbocycles. The average molecular weight is 460 g/mol. The largest absolute Gasteiger partial charge is 0.481 e. The summed E-state index contributed by atoms with van der Waals surface area (Å²) in [5, 5.41) is 10.5. The van der Waals surface area contributed by atoms with Gasteiger partial charge in [0.15, 0.2) is 0 Å². The second-order valence-electron chi connectivity index (χ2n) is 8.49. The number of carbonyl (C=O) groups is 1. The number of nitrogens with zero attached hydrogens (tertiary/aromatic N) is 5. The van der Waals surface area contributed by atoms with Gasteiger partial charge in [-0.2, -0.15) is 0 Å². The van der Waals surface area contributed by atoms with Gasteiger partial charge in [-0.1, -0.05) is 0 Å². The number of aromatic nitrogens is 4. The van der Waals surface area contributed by atoms with Crippen molar-refractivity contribution in [2.24, 2.45) is 0 Å². The number of hydrogen-bond donors (Lipinski definition) is 1. The molecule has 1 saturated heterocycles. The number of fused-ring (bicyclic) bond motifs is 3. The van der Waals surface area contributed by atoms with Gasteiger partial charge in [0.1, 0.15) is 11.6 Å². The Labute approximate surface area is 195 Å². The molecule has 174 valence electrons. The molecule has 0 aromatic carbocycles. The summed E-state index contributed by atoms with van der Waals surface area (Å²) in [5.74, 6) is 0.240. The number of likely N-dealkylation sites (tertiary alicyclic amines) is 1. The maximum absolute atomic E-state index is 13.1. The van der Waals surface area contributed by atoms with Gasteiger partial charge in [-0.15, -0.1) is 0 Å². The van der Waals surface area contributed by atoms with Crippen LogP contribution < -0.4 is 10.3 Å². The van der Waals surface area contributed by atoms with Crippen molar-refractivity contribution in [2.75, 3.05) is 20.2 Å². The molecule has 0 spiro atoms. The molecule has 9 heteroatoms. The first-order valence-corrected chi connectivity index (χ1v) is 11.2. The van der Waals surface area contributed by atoms with E-state index >= 15 is 0 Å². The molecule has 0 aliphatic carbocycles. The van der Waals surface area contributed by atoms with E-state index in [1.807, 2.05) is 18.2 Å². The number of aliphatic hydroxyl groups is 1. The van der Waals surface area contributed by atoms with E-state index in [-0.39, 0.29) is 17.5 Å². The molecule has 0 bridgehead atoms. The number of ether oxygens (including phenoxy) is 1. The molecule has 5 rings (SSSR count). The molecule has 1 aliphatic heterocycles. The van der Waals surface area contributed by atoms with E-state index in [2.05, 4.69) is 9.97 Å². The van der Waals surface area contributed by atoms with Crippen LogP contribution in [0.25, 0.3) is 33.2 Å². The van der Waals surface area contributed by atoms with Crippen LogP contribution in [0.5, 0.6) is 5.88 Å². The summed E-state index contributed by atoms with van der Waals surface area (Å²) in [6.07, 6.45) is 3.66. The van der Waals surface area contributed by atoms with Crippen LogP contribution in [0.2, 0.25) is 0 Å². The molecule has 9 nitrogen and oxygen atoms in total. The fourth-order valence-electron chi connectivity index (χ4n) is 4.58. The molecule has 34 heavy (non-hydrogen) atoms. The predicted molar refractivity (Wildman–Crippen MR) is 128 cm³/mol. The molecular weight excluding hydrogens is 434 g/mol. The molecule has 4 aromatic rings. The zero-order valence-corrected chi connectivity index (χ0v) is 19.0. The van der Waals surface area contributed by atoms with Gasteiger partial charge in [-0.3, -0.25) is 14.6 Å². The van der Waals surface area contributed by atoms with Crippen molar-refractivity contribution in [3.05, 3.63) is 59.1 Å². The Morgan fingerprint density at radius 3 is 2.56 bits per heavy atom. The number of piperidine rings is 1. The van der Waals surface area contributed by atoms with Crippen LogP contribution in [0.15, 0.2) is 53.6 Å². The molecule has 1 aliphatic rings. The Hall–Kier alpha value is -3.85. The van der Waals surface area contributed by atoms with Crippen molar-refractivity contribution in [3.63, 3.8) is 0 Å². The third-order valence-corrected chi connectivity index (χ3v) is 6.34. The smallest absolute Gasteiger partial charge is 0.251 e. The van der Waals surface area contributed by atoms with E-state index < -0.39 is 6.10 Å². The van der Waals surface area contributed by atoms with Crippen molar-refractivity contribution < 1.29 is 14.6 Å². The van der Waals surface area contributed by atoms with Crippen LogP contribution in [-0.2, 0) is 4.79 Å². The predicted octanol–water partition coefficient (Wildman–Crippen LogP) is 2.56. The minimum Gasteiger partial charge on any atom is -0.481 e. The number of amides is 1. The van der Waals surface area contributed by atoms with E-state index in [1.165, 1.54) is 6.92 Å². The van der Waals surface area contributed by atoms with Gasteiger partial charge in [0.2, 0.25) is 5.88 Å². The van der Waals surface area contributed by atoms with Gasteiger partial charge in [-0.25, -0.2) is 9.97 Å². The molecule has 1 fully saturated rings. The summed E-state index contributed by atoms with van der Waals surface area (Å²) in [6.45, 7) is 2.44. The van der Waals surface area contributed by atoms with E-state index in [1.54, 1.807) is 47.2 Å². The summed E-state index contributed by atoms with van der Waals surface area (Å²) in [4.78, 5) is 40.6. The van der Waals surface area contributed by atoms with Crippen molar-refractivity contribution in [1.29, 1.82) is 0 Å². The van der Waals surface area contributed by atoms with Gasteiger partial charge in [0.05, 0.1) is 23.8 Å². The average Bonchev–Trinajstić information content (AvgIpc) is 2.88. The lowest BCUT2D eigenvalue weighted by molar-refractivity contribution is -0.140. The number of hydrogen-bond acceptors (Lipinski definition) is 7. The maximum Gasteiger partial charge on any atom is 0.251 e. The highest BCUT2D eigenvalue weighted by Crippen LogP contribution is 2.30. The molecule has 1 atom stereocenters. The Kier molecular flexibility index (Phi) is 5.70. The van der Waals surface area contributed by atoms with Crippen molar-refractivity contribution >= 4 is 27.8 Å². The fraction of sp³-hybridized carbons (Fsp3) is 0.320. The van der Waals surface area contributed by atoms with Crippen LogP contribution >= 0.6 is 0 Å². The molecule has 0 radical (unpaired) electrons. The van der Waals surface area contributed by atoms with E-state index in [0.717, 1.165) is 22.2 Å². The molecular formula is C25H25N5O4. The summed E-state index contributed by atoms with van der Waals surface area (Å²) < 4.78 is 6.94. The standard InChI is InChI=1S/C25H25N5O4/c1-15(31)25(33)29-11-9-18(10-12-29)30-22(32)8-4-17-14-26-20-6-5-19(28-23(20)24(17)30)16-3-7-21(34-2)27-13-16/h3-8,13-15,18,31H,9-12H2,1-2H3/t15-/m1/s1. The number of methoxy groups -OCH3 is 1. The van der Waals surface area contributed by atoms with E-state index in [4.69, 9.17) is 9.72 Å². The van der Waals surface area contributed by atoms with Crippen LogP contribution in [0.3, 0.4) is 0 Å². The first-order valence-electron chi connectivity index (χ1n) is 11.2. The van der Waals surface area contributed by atoms with Crippen LogP contribution in [0, 0.1) is 0 Å². The second-order valence-corrected chi connectivity index (χ2v) is 8.49. The van der Waals surface area contributed by atoms with E-state index in [9.17, 15) is 14.7 Å². The van der Waals surface area contributed by atoms with E-state index in [0.29, 0.717) is 42.8 Å². The quantitative estimate of drug-likeness (QED) is 0.467. The van der Waals surface area contributed by atoms with Crippen LogP contribution in [-0.4, -0.2) is 61.7 Å². The number of rotatable bonds is 4. The summed E-state index contributed by atoms with van der Waals surface area (Å²) in [6, 6.07) is 10.7. The van der Waals surface area contributed by atoms with Gasteiger partial charge in [0, 0.05) is 54.6 Å². The fourth-order valence-corrected chi connectivity index (χ4v) is 4.58. The van der Waals surface area contributed by atoms with Crippen molar-refractivity contribution in [2.45, 2.75) is 31.9 Å². The highest BCUT2D eigenvalue weighted by atomic mass is 16.5. The van der Waals surface area contributed by atoms with Crippen LogP contribution in [0.4, 0.5) is 0 Å². The monoisotopic (exact) mass is 459 g/mol. The minimum absolute atomic E-state index is 0.0899. The normalized spacial score (nSPS) is 15.6. The minimum atomic E-state index is -1.03. The Balaban J connectivity index is 1.60. The SMILES string of the molecule is COc1ccc(-c2ccc3ncc4ccc(=O)n(C5CCN(C(=O)[C@@H](C)O)CC5)c4c3n2)cn1. The summed E-state index contributed by atoms with van der Waals surface area (Å²) >= 11 is 0. The number of aliphatic hydroxyl groups excluding tert-OH is 1. The highest BCUT2D eigenvalue weighted by molar-refractivity contribution is 6.01. The van der Waals surface area contributed by atoms with Gasteiger partial charge in [0.25, 0.3) is 11.5 Å². The highest BCUT2D eigenvalue weighted by Gasteiger charge is 2.27. The number of pyridine rings is 4. The number of carbonyl (C=O) groups excluding carboxylic acids is 1. The molecule has 4 aromatic heterocycles. The second kappa shape index (κ2) is 8.83. The molecule has 0 unspecified atom stereocenters. The summed E-state index contributed by atoms with van der Waals surface area (Å²) in [5.41, 5.74) is 3.51. The molecule has 1 N–H and O–H groups in total. The van der Waals surface area contributed by atoms with Crippen LogP contribution in [0.1, 0.15) is 25.8 Å². The zero-order valence-electron chi connectivity index (χ0n) is 19.0. The Morgan fingerprint density at radius 1 is 1.09 bits per heavy atom. The lowest BCUT2D eigenvalue weighted by Crippen LogP contribution is -2.44. The third-order valence-electron chi connectivity index (χ3n) is 6.34. The Bertz CT molecular complexity index is 1420. The van der Waals surface area contributed by atoms with Gasteiger partial charge >= 0.3 is 0 Å². The van der Waals surface area contributed by atoms with Gasteiger partial charge in [-0.05, 0) is 44.0 Å². The van der Waals surface area contributed by atoms with Crippen molar-refractivity contribution in [1.82, 2.24) is 24.4 Å². The lowest BCUT2D eigenvalue weighted by atomic mass is 10.0. The molecule has 5 heterocycles. The maximum atomic E-state index is 13.1.